The molecule has 1 aromatic rings. The standard InChI is InChI=1S/C23H29N5O5/c1-15(29)33-23-5-4-16(17(30)14-23)18-19(23)21(32)28(20(18)31)9-3-8-26-10-12-27(13-11-26)22-24-6-2-7-25-22/h2,6-7,16,18-19H,3-5,8-14H2,1H3. The van der Waals surface area contributed by atoms with Crippen LogP contribution in [0.4, 0.5) is 5.95 Å². The number of imide groups is 1. The maximum Gasteiger partial charge on any atom is 0.303 e. The van der Waals surface area contributed by atoms with Gasteiger partial charge in [-0.2, -0.15) is 0 Å². The van der Waals surface area contributed by atoms with Gasteiger partial charge in [0.05, 0.1) is 11.8 Å². The second-order valence-electron chi connectivity index (χ2n) is 9.51. The number of piperazine rings is 1. The second-order valence-corrected chi connectivity index (χ2v) is 9.51. The van der Waals surface area contributed by atoms with Crippen molar-refractivity contribution in [2.45, 2.75) is 38.2 Å². The van der Waals surface area contributed by atoms with Gasteiger partial charge in [-0.05, 0) is 31.9 Å². The van der Waals surface area contributed by atoms with Crippen molar-refractivity contribution in [2.24, 2.45) is 17.8 Å². The van der Waals surface area contributed by atoms with E-state index in [0.29, 0.717) is 25.8 Å². The zero-order valence-corrected chi connectivity index (χ0v) is 18.8. The van der Waals surface area contributed by atoms with Crippen LogP contribution in [-0.4, -0.2) is 88.2 Å². The highest BCUT2D eigenvalue weighted by atomic mass is 16.6. The number of fused-ring (bicyclic) bond motifs is 2. The number of anilines is 1. The van der Waals surface area contributed by atoms with Gasteiger partial charge in [-0.25, -0.2) is 9.97 Å². The Kier molecular flexibility index (Phi) is 5.64. The van der Waals surface area contributed by atoms with Gasteiger partial charge < -0.3 is 9.64 Å². The summed E-state index contributed by atoms with van der Waals surface area (Å²) in [5, 5.41) is 0. The molecule has 33 heavy (non-hydrogen) atoms. The van der Waals surface area contributed by atoms with E-state index in [2.05, 4.69) is 19.8 Å². The van der Waals surface area contributed by atoms with E-state index in [9.17, 15) is 19.2 Å². The van der Waals surface area contributed by atoms with Crippen LogP contribution in [0.3, 0.4) is 0 Å². The number of ether oxygens (including phenoxy) is 1. The Balaban J connectivity index is 1.19. The van der Waals surface area contributed by atoms with E-state index in [0.717, 1.165) is 38.7 Å². The van der Waals surface area contributed by atoms with Gasteiger partial charge in [0, 0.05) is 64.4 Å². The van der Waals surface area contributed by atoms with Crippen molar-refractivity contribution < 1.29 is 23.9 Å². The molecule has 4 unspecified atom stereocenters. The predicted molar refractivity (Wildman–Crippen MR) is 116 cm³/mol. The first-order chi connectivity index (χ1) is 15.9. The quantitative estimate of drug-likeness (QED) is 0.441. The lowest BCUT2D eigenvalue weighted by atomic mass is 9.56. The summed E-state index contributed by atoms with van der Waals surface area (Å²) in [6, 6.07) is 1.80. The second kappa shape index (κ2) is 8.48. The maximum atomic E-state index is 13.3. The molecule has 5 fully saturated rings. The minimum Gasteiger partial charge on any atom is -0.458 e. The van der Waals surface area contributed by atoms with Crippen LogP contribution in [-0.2, 0) is 23.9 Å². The van der Waals surface area contributed by atoms with Crippen molar-refractivity contribution in [3.8, 4) is 0 Å². The van der Waals surface area contributed by atoms with Crippen LogP contribution in [0.5, 0.6) is 0 Å². The number of Topliss-reactive ketones (excluding diaryl/α,β-unsaturated/α-hetero) is 1. The number of ketones is 1. The van der Waals surface area contributed by atoms with Gasteiger partial charge in [0.15, 0.2) is 0 Å². The molecule has 2 saturated heterocycles. The smallest absolute Gasteiger partial charge is 0.303 e. The van der Waals surface area contributed by atoms with Gasteiger partial charge in [0.25, 0.3) is 0 Å². The van der Waals surface area contributed by atoms with E-state index in [4.69, 9.17) is 4.74 Å². The molecule has 3 saturated carbocycles. The molecule has 10 nitrogen and oxygen atoms in total. The lowest BCUT2D eigenvalue weighted by Gasteiger charge is -2.49. The van der Waals surface area contributed by atoms with Crippen molar-refractivity contribution in [2.75, 3.05) is 44.2 Å². The molecule has 2 amide bonds. The number of likely N-dealkylation sites (tertiary alicyclic amines) is 1. The number of carbonyl (C=O) groups excluding carboxylic acids is 4. The molecule has 2 bridgehead atoms. The van der Waals surface area contributed by atoms with Gasteiger partial charge in [-0.15, -0.1) is 0 Å². The molecule has 5 aliphatic rings. The minimum atomic E-state index is -1.15. The van der Waals surface area contributed by atoms with Crippen molar-refractivity contribution in [3.05, 3.63) is 18.5 Å². The van der Waals surface area contributed by atoms with Gasteiger partial charge >= 0.3 is 5.97 Å². The van der Waals surface area contributed by atoms with Crippen LogP contribution in [0, 0.1) is 17.8 Å². The van der Waals surface area contributed by atoms with Crippen molar-refractivity contribution in [1.29, 1.82) is 0 Å². The molecule has 3 heterocycles. The van der Waals surface area contributed by atoms with Crippen LogP contribution in [0.1, 0.15) is 32.6 Å². The molecule has 0 radical (unpaired) electrons. The van der Waals surface area contributed by atoms with Crippen LogP contribution in [0.2, 0.25) is 0 Å². The zero-order valence-electron chi connectivity index (χ0n) is 18.8. The Labute approximate surface area is 192 Å². The summed E-state index contributed by atoms with van der Waals surface area (Å²) >= 11 is 0. The van der Waals surface area contributed by atoms with Crippen LogP contribution in [0.25, 0.3) is 0 Å². The molecule has 4 atom stereocenters. The van der Waals surface area contributed by atoms with Crippen molar-refractivity contribution in [3.63, 3.8) is 0 Å². The Morgan fingerprint density at radius 2 is 1.82 bits per heavy atom. The first-order valence-corrected chi connectivity index (χ1v) is 11.7. The van der Waals surface area contributed by atoms with E-state index < -0.39 is 29.3 Å². The highest BCUT2D eigenvalue weighted by Crippen LogP contribution is 2.55. The van der Waals surface area contributed by atoms with Gasteiger partial charge in [0.2, 0.25) is 17.8 Å². The molecular weight excluding hydrogens is 426 g/mol. The van der Waals surface area contributed by atoms with E-state index in [-0.39, 0.29) is 24.0 Å². The fourth-order valence-electron chi connectivity index (χ4n) is 6.17. The molecule has 6 rings (SSSR count). The average Bonchev–Trinajstić information content (AvgIpc) is 3.06. The number of nitrogens with zero attached hydrogens (tertiary/aromatic N) is 5. The third kappa shape index (κ3) is 3.80. The van der Waals surface area contributed by atoms with Crippen LogP contribution >= 0.6 is 0 Å². The fraction of sp³-hybridized carbons (Fsp3) is 0.652. The molecule has 1 aromatic heterocycles. The molecule has 10 heteroatoms. The van der Waals surface area contributed by atoms with E-state index >= 15 is 0 Å². The monoisotopic (exact) mass is 455 g/mol. The summed E-state index contributed by atoms with van der Waals surface area (Å²) < 4.78 is 5.58. The number of hydrogen-bond acceptors (Lipinski definition) is 9. The number of carbonyl (C=O) groups is 4. The largest absolute Gasteiger partial charge is 0.458 e. The molecule has 0 aromatic carbocycles. The first-order valence-electron chi connectivity index (χ1n) is 11.7. The number of rotatable bonds is 6. The number of amides is 2. The lowest BCUT2D eigenvalue weighted by Crippen LogP contribution is -2.60. The average molecular weight is 456 g/mol. The number of esters is 1. The van der Waals surface area contributed by atoms with E-state index in [1.807, 2.05) is 0 Å². The number of hydrogen-bond donors (Lipinski definition) is 0. The van der Waals surface area contributed by atoms with Crippen LogP contribution in [0.15, 0.2) is 18.5 Å². The summed E-state index contributed by atoms with van der Waals surface area (Å²) in [7, 11) is 0. The highest BCUT2D eigenvalue weighted by Gasteiger charge is 2.68. The first kappa shape index (κ1) is 21.9. The molecule has 176 valence electrons. The molecule has 3 aliphatic carbocycles. The highest BCUT2D eigenvalue weighted by molar-refractivity contribution is 6.09. The van der Waals surface area contributed by atoms with E-state index in [1.165, 1.54) is 11.8 Å². The minimum absolute atomic E-state index is 0.0423. The Morgan fingerprint density at radius 1 is 1.09 bits per heavy atom. The molecular formula is C23H29N5O5. The van der Waals surface area contributed by atoms with Gasteiger partial charge in [-0.1, -0.05) is 0 Å². The molecule has 0 spiro atoms. The molecule has 0 N–H and O–H groups in total. The van der Waals surface area contributed by atoms with Crippen LogP contribution < -0.4 is 4.90 Å². The fourth-order valence-corrected chi connectivity index (χ4v) is 6.17. The van der Waals surface area contributed by atoms with Crippen molar-refractivity contribution in [1.82, 2.24) is 19.8 Å². The normalized spacial score (nSPS) is 31.8. The summed E-state index contributed by atoms with van der Waals surface area (Å²) in [4.78, 5) is 65.2. The number of aromatic nitrogens is 2. The summed E-state index contributed by atoms with van der Waals surface area (Å²) in [5.74, 6) is -2.23. The third-order valence-electron chi connectivity index (χ3n) is 7.62. The lowest BCUT2D eigenvalue weighted by molar-refractivity contribution is -0.189. The van der Waals surface area contributed by atoms with Gasteiger partial charge in [0.1, 0.15) is 11.4 Å². The van der Waals surface area contributed by atoms with Crippen molar-refractivity contribution >= 4 is 29.5 Å². The Hall–Kier alpha value is -2.88. The Morgan fingerprint density at radius 3 is 2.48 bits per heavy atom. The van der Waals surface area contributed by atoms with E-state index in [1.54, 1.807) is 18.5 Å². The summed E-state index contributed by atoms with van der Waals surface area (Å²) in [6.45, 7) is 5.75. The van der Waals surface area contributed by atoms with Gasteiger partial charge in [-0.3, -0.25) is 29.0 Å². The Bertz CT molecular complexity index is 959. The summed E-state index contributed by atoms with van der Waals surface area (Å²) in [6.07, 6.45) is 5.14. The zero-order chi connectivity index (χ0) is 23.2. The maximum absolute atomic E-state index is 13.3. The molecule has 2 aliphatic heterocycles. The third-order valence-corrected chi connectivity index (χ3v) is 7.62. The SMILES string of the molecule is CC(=O)OC12CCC(C(=O)C1)C1C(=O)N(CCCN3CCN(c4ncccn4)CC3)C(=O)C12. The summed E-state index contributed by atoms with van der Waals surface area (Å²) in [5.41, 5.74) is -1.15. The predicted octanol–water partition coefficient (Wildman–Crippen LogP) is 0.275. The topological polar surface area (TPSA) is 113 Å².